The molecule has 1 unspecified atom stereocenters. The third-order valence-corrected chi connectivity index (χ3v) is 7.41. The van der Waals surface area contributed by atoms with Crippen molar-refractivity contribution >= 4 is 33.4 Å². The van der Waals surface area contributed by atoms with Crippen LogP contribution in [0.3, 0.4) is 0 Å². The zero-order chi connectivity index (χ0) is 23.0. The van der Waals surface area contributed by atoms with Crippen molar-refractivity contribution < 1.29 is 27.5 Å². The van der Waals surface area contributed by atoms with E-state index in [-0.39, 0.29) is 18.0 Å². The Kier molecular flexibility index (Phi) is 9.26. The van der Waals surface area contributed by atoms with E-state index >= 15 is 0 Å². The maximum atomic E-state index is 13.0. The SMILES string of the molecule is O=C(NCCCN1CCOCC1)C(=O)NCC1OCCCN1S(=O)(=O)c1ccc(Cl)cc1. The lowest BCUT2D eigenvalue weighted by Crippen LogP contribution is -2.53. The minimum absolute atomic E-state index is 0.0849. The summed E-state index contributed by atoms with van der Waals surface area (Å²) < 4.78 is 38.0. The number of nitrogens with one attached hydrogen (secondary N) is 2. The topological polar surface area (TPSA) is 117 Å². The molecule has 2 saturated heterocycles. The van der Waals surface area contributed by atoms with Crippen LogP contribution in [-0.2, 0) is 29.1 Å². The Bertz CT molecular complexity index is 877. The number of rotatable bonds is 8. The number of morpholine rings is 1. The number of hydrogen-bond donors (Lipinski definition) is 2. The molecule has 1 atom stereocenters. The molecule has 0 spiro atoms. The van der Waals surface area contributed by atoms with Gasteiger partial charge in [0.2, 0.25) is 10.0 Å². The van der Waals surface area contributed by atoms with E-state index in [9.17, 15) is 18.0 Å². The van der Waals surface area contributed by atoms with Gasteiger partial charge >= 0.3 is 11.8 Å². The third kappa shape index (κ3) is 6.87. The van der Waals surface area contributed by atoms with Crippen molar-refractivity contribution in [3.63, 3.8) is 0 Å². The van der Waals surface area contributed by atoms with E-state index in [4.69, 9.17) is 21.1 Å². The Labute approximate surface area is 193 Å². The average molecular weight is 489 g/mol. The second-order valence-corrected chi connectivity index (χ2v) is 9.85. The molecule has 0 saturated carbocycles. The van der Waals surface area contributed by atoms with Gasteiger partial charge in [-0.3, -0.25) is 14.5 Å². The number of hydrogen-bond acceptors (Lipinski definition) is 7. The number of halogens is 1. The molecule has 32 heavy (non-hydrogen) atoms. The Morgan fingerprint density at radius 1 is 1.03 bits per heavy atom. The Morgan fingerprint density at radius 2 is 1.72 bits per heavy atom. The first-order valence-electron chi connectivity index (χ1n) is 10.6. The summed E-state index contributed by atoms with van der Waals surface area (Å²) in [5.41, 5.74) is 0. The van der Waals surface area contributed by atoms with Gasteiger partial charge in [-0.15, -0.1) is 0 Å². The van der Waals surface area contributed by atoms with Crippen molar-refractivity contribution in [2.45, 2.75) is 24.0 Å². The molecule has 10 nitrogen and oxygen atoms in total. The van der Waals surface area contributed by atoms with Crippen LogP contribution in [0.2, 0.25) is 5.02 Å². The van der Waals surface area contributed by atoms with Gasteiger partial charge in [0.15, 0.2) is 0 Å². The zero-order valence-corrected chi connectivity index (χ0v) is 19.4. The number of carbonyl (C=O) groups excluding carboxylic acids is 2. The van der Waals surface area contributed by atoms with Gasteiger partial charge in [-0.2, -0.15) is 4.31 Å². The number of benzene rings is 1. The number of carbonyl (C=O) groups is 2. The fraction of sp³-hybridized carbons (Fsp3) is 0.600. The van der Waals surface area contributed by atoms with Crippen molar-refractivity contribution in [3.8, 4) is 0 Å². The summed E-state index contributed by atoms with van der Waals surface area (Å²) in [7, 11) is -3.84. The highest BCUT2D eigenvalue weighted by molar-refractivity contribution is 7.89. The monoisotopic (exact) mass is 488 g/mol. The van der Waals surface area contributed by atoms with E-state index in [1.165, 1.54) is 28.6 Å². The molecule has 3 rings (SSSR count). The van der Waals surface area contributed by atoms with Crippen molar-refractivity contribution in [2.75, 3.05) is 59.1 Å². The summed E-state index contributed by atoms with van der Waals surface area (Å²) in [6, 6.07) is 5.84. The highest BCUT2D eigenvalue weighted by Gasteiger charge is 2.34. The molecular formula is C20H29ClN4O6S. The molecule has 2 amide bonds. The molecule has 1 aromatic rings. The van der Waals surface area contributed by atoms with Gasteiger partial charge in [-0.25, -0.2) is 8.42 Å². The summed E-state index contributed by atoms with van der Waals surface area (Å²) in [5, 5.41) is 5.49. The number of ether oxygens (including phenoxy) is 2. The Hall–Kier alpha value is -1.76. The molecule has 0 aliphatic carbocycles. The molecule has 178 valence electrons. The summed E-state index contributed by atoms with van der Waals surface area (Å²) in [6.07, 6.45) is 0.348. The van der Waals surface area contributed by atoms with Gasteiger partial charge < -0.3 is 20.1 Å². The fourth-order valence-electron chi connectivity index (χ4n) is 3.51. The normalized spacial score (nSPS) is 20.6. The van der Waals surface area contributed by atoms with E-state index in [0.29, 0.717) is 37.8 Å². The van der Waals surface area contributed by atoms with Crippen LogP contribution in [0.5, 0.6) is 0 Å². The van der Waals surface area contributed by atoms with E-state index in [2.05, 4.69) is 15.5 Å². The van der Waals surface area contributed by atoms with Gasteiger partial charge in [0.25, 0.3) is 0 Å². The van der Waals surface area contributed by atoms with Crippen LogP contribution in [0, 0.1) is 0 Å². The minimum Gasteiger partial charge on any atom is -0.379 e. The van der Waals surface area contributed by atoms with Crippen LogP contribution in [0.15, 0.2) is 29.2 Å². The zero-order valence-electron chi connectivity index (χ0n) is 17.8. The number of sulfonamides is 1. The molecule has 2 heterocycles. The maximum Gasteiger partial charge on any atom is 0.309 e. The van der Waals surface area contributed by atoms with Gasteiger partial charge in [0.05, 0.1) is 31.3 Å². The van der Waals surface area contributed by atoms with Crippen molar-refractivity contribution in [1.29, 1.82) is 0 Å². The highest BCUT2D eigenvalue weighted by atomic mass is 35.5. The molecule has 2 N–H and O–H groups in total. The van der Waals surface area contributed by atoms with Gasteiger partial charge in [-0.1, -0.05) is 11.6 Å². The molecule has 0 aromatic heterocycles. The first kappa shape index (κ1) is 24.9. The van der Waals surface area contributed by atoms with Crippen LogP contribution in [0.1, 0.15) is 12.8 Å². The largest absolute Gasteiger partial charge is 0.379 e. The lowest BCUT2D eigenvalue weighted by Gasteiger charge is -2.34. The standard InChI is InChI=1S/C20H29ClN4O6S/c21-16-3-5-17(6-4-16)32(28,29)25-9-2-12-31-18(25)15-23-20(27)19(26)22-7-1-8-24-10-13-30-14-11-24/h3-6,18H,1-2,7-15H2,(H,22,26)(H,23,27). The van der Waals surface area contributed by atoms with Crippen LogP contribution in [-0.4, -0.2) is 94.8 Å². The molecular weight excluding hydrogens is 460 g/mol. The van der Waals surface area contributed by atoms with Crippen LogP contribution < -0.4 is 10.6 Å². The summed E-state index contributed by atoms with van der Waals surface area (Å²) >= 11 is 5.85. The lowest BCUT2D eigenvalue weighted by molar-refractivity contribution is -0.140. The summed E-state index contributed by atoms with van der Waals surface area (Å²) in [5.74, 6) is -1.58. The Morgan fingerprint density at radius 3 is 2.44 bits per heavy atom. The molecule has 1 aromatic carbocycles. The average Bonchev–Trinajstić information content (AvgIpc) is 2.81. The first-order valence-corrected chi connectivity index (χ1v) is 12.4. The third-order valence-electron chi connectivity index (χ3n) is 5.26. The molecule has 0 bridgehead atoms. The van der Waals surface area contributed by atoms with Crippen molar-refractivity contribution in [3.05, 3.63) is 29.3 Å². The first-order chi connectivity index (χ1) is 15.4. The Balaban J connectivity index is 1.46. The smallest absolute Gasteiger partial charge is 0.309 e. The summed E-state index contributed by atoms with van der Waals surface area (Å²) in [6.45, 7) is 4.83. The lowest BCUT2D eigenvalue weighted by atomic mass is 10.3. The number of nitrogens with zero attached hydrogens (tertiary/aromatic N) is 2. The quantitative estimate of drug-likeness (QED) is 0.391. The second-order valence-electron chi connectivity index (χ2n) is 7.52. The molecule has 12 heteroatoms. The van der Waals surface area contributed by atoms with E-state index in [1.807, 2.05) is 0 Å². The molecule has 2 fully saturated rings. The molecule has 0 radical (unpaired) electrons. The van der Waals surface area contributed by atoms with E-state index in [0.717, 1.165) is 26.1 Å². The van der Waals surface area contributed by atoms with Crippen molar-refractivity contribution in [2.24, 2.45) is 0 Å². The van der Waals surface area contributed by atoms with Gasteiger partial charge in [-0.05, 0) is 43.7 Å². The van der Waals surface area contributed by atoms with E-state index in [1.54, 1.807) is 0 Å². The van der Waals surface area contributed by atoms with E-state index < -0.39 is 28.1 Å². The summed E-state index contributed by atoms with van der Waals surface area (Å²) in [4.78, 5) is 26.5. The van der Waals surface area contributed by atoms with Crippen molar-refractivity contribution in [1.82, 2.24) is 19.8 Å². The molecule has 2 aliphatic rings. The van der Waals surface area contributed by atoms with Crippen LogP contribution in [0.25, 0.3) is 0 Å². The van der Waals surface area contributed by atoms with Gasteiger partial charge in [0, 0.05) is 31.2 Å². The maximum absolute atomic E-state index is 13.0. The minimum atomic E-state index is -3.84. The van der Waals surface area contributed by atoms with Crippen LogP contribution in [0.4, 0.5) is 0 Å². The predicted molar refractivity (Wildman–Crippen MR) is 118 cm³/mol. The van der Waals surface area contributed by atoms with Crippen LogP contribution >= 0.6 is 11.6 Å². The molecule has 2 aliphatic heterocycles. The number of amides is 2. The second kappa shape index (κ2) is 11.9. The van der Waals surface area contributed by atoms with Gasteiger partial charge in [0.1, 0.15) is 6.23 Å². The highest BCUT2D eigenvalue weighted by Crippen LogP contribution is 2.23. The fourth-order valence-corrected chi connectivity index (χ4v) is 5.21. The predicted octanol–water partition coefficient (Wildman–Crippen LogP) is 0.0318.